The number of rotatable bonds is 4. The minimum atomic E-state index is -4.93. The van der Waals surface area contributed by atoms with Crippen molar-refractivity contribution in [1.82, 2.24) is 0 Å². The standard InChI is InChI=1S/C9H11NO6P2/c10-6-8-3-1-2-7(4-8)5-9(17(11,12)13)18(14,15)16/h1-4,9H,5H2,(H2,11,12,13)(H2,14,15,16). The summed E-state index contributed by atoms with van der Waals surface area (Å²) in [5.74, 6) is 0. The van der Waals surface area contributed by atoms with Crippen LogP contribution in [0.4, 0.5) is 0 Å². The van der Waals surface area contributed by atoms with Gasteiger partial charge in [-0.2, -0.15) is 5.26 Å². The van der Waals surface area contributed by atoms with Gasteiger partial charge in [0.1, 0.15) is 0 Å². The van der Waals surface area contributed by atoms with Gasteiger partial charge in [0.2, 0.25) is 0 Å². The second-order valence-corrected chi connectivity index (χ2v) is 7.69. The first kappa shape index (κ1) is 15.1. The van der Waals surface area contributed by atoms with Gasteiger partial charge in [-0.15, -0.1) is 0 Å². The van der Waals surface area contributed by atoms with Crippen LogP contribution in [0.5, 0.6) is 0 Å². The molecule has 18 heavy (non-hydrogen) atoms. The number of hydrogen-bond donors (Lipinski definition) is 4. The Balaban J connectivity index is 3.09. The average Bonchev–Trinajstić information content (AvgIpc) is 2.23. The summed E-state index contributed by atoms with van der Waals surface area (Å²) in [6, 6.07) is 7.56. The Morgan fingerprint density at radius 1 is 1.17 bits per heavy atom. The smallest absolute Gasteiger partial charge is 0.324 e. The largest absolute Gasteiger partial charge is 0.341 e. The highest BCUT2D eigenvalue weighted by molar-refractivity contribution is 7.70. The molecule has 1 aromatic rings. The van der Waals surface area contributed by atoms with Crippen molar-refractivity contribution >= 4 is 15.2 Å². The lowest BCUT2D eigenvalue weighted by Crippen LogP contribution is -2.12. The molecule has 0 aliphatic heterocycles. The molecular weight excluding hydrogens is 280 g/mol. The zero-order valence-electron chi connectivity index (χ0n) is 9.04. The van der Waals surface area contributed by atoms with Crippen molar-refractivity contribution in [1.29, 1.82) is 5.26 Å². The van der Waals surface area contributed by atoms with Gasteiger partial charge in [-0.1, -0.05) is 12.1 Å². The van der Waals surface area contributed by atoms with E-state index in [1.165, 1.54) is 24.3 Å². The molecule has 1 aromatic carbocycles. The Morgan fingerprint density at radius 3 is 2.17 bits per heavy atom. The van der Waals surface area contributed by atoms with Crippen LogP contribution >= 0.6 is 15.2 Å². The van der Waals surface area contributed by atoms with E-state index in [1.807, 2.05) is 6.07 Å². The molecule has 0 aliphatic carbocycles. The van der Waals surface area contributed by atoms with Gasteiger partial charge in [-0.3, -0.25) is 9.13 Å². The van der Waals surface area contributed by atoms with Crippen molar-refractivity contribution < 1.29 is 28.7 Å². The first-order valence-corrected chi connectivity index (χ1v) is 8.10. The van der Waals surface area contributed by atoms with Crippen molar-refractivity contribution in [3.63, 3.8) is 0 Å². The second-order valence-electron chi connectivity index (χ2n) is 3.68. The minimum absolute atomic E-state index is 0.252. The van der Waals surface area contributed by atoms with E-state index in [9.17, 15) is 9.13 Å². The number of hydrogen-bond acceptors (Lipinski definition) is 3. The molecule has 4 N–H and O–H groups in total. The lowest BCUT2D eigenvalue weighted by atomic mass is 10.1. The first-order chi connectivity index (χ1) is 8.14. The molecule has 0 aliphatic rings. The van der Waals surface area contributed by atoms with Crippen LogP contribution in [-0.4, -0.2) is 25.0 Å². The zero-order valence-corrected chi connectivity index (χ0v) is 10.8. The molecule has 0 unspecified atom stereocenters. The topological polar surface area (TPSA) is 139 Å². The SMILES string of the molecule is N#Cc1cccc(CC(P(=O)(O)O)P(=O)(O)O)c1. The number of nitrogens with zero attached hydrogens (tertiary/aromatic N) is 1. The molecule has 7 nitrogen and oxygen atoms in total. The van der Waals surface area contributed by atoms with Gasteiger partial charge in [0.05, 0.1) is 11.6 Å². The maximum absolute atomic E-state index is 11.1. The van der Waals surface area contributed by atoms with Gasteiger partial charge in [0.25, 0.3) is 0 Å². The second kappa shape index (κ2) is 5.33. The molecule has 0 bridgehead atoms. The third kappa shape index (κ3) is 4.04. The number of nitriles is 1. The van der Waals surface area contributed by atoms with E-state index in [0.717, 1.165) is 0 Å². The average molecular weight is 291 g/mol. The highest BCUT2D eigenvalue weighted by atomic mass is 31.2. The third-order valence-electron chi connectivity index (χ3n) is 2.25. The molecular formula is C9H11NO6P2. The Kier molecular flexibility index (Phi) is 4.46. The maximum atomic E-state index is 11.1. The molecule has 0 atom stereocenters. The van der Waals surface area contributed by atoms with Crippen LogP contribution in [0.2, 0.25) is 0 Å². The summed E-state index contributed by atoms with van der Waals surface area (Å²) in [6.45, 7) is 0. The van der Waals surface area contributed by atoms with Crippen LogP contribution in [0.1, 0.15) is 11.1 Å². The van der Waals surface area contributed by atoms with Gasteiger partial charge in [-0.25, -0.2) is 0 Å². The van der Waals surface area contributed by atoms with E-state index in [-0.39, 0.29) is 11.1 Å². The Bertz CT molecular complexity index is 547. The van der Waals surface area contributed by atoms with E-state index in [0.29, 0.717) is 0 Å². The molecule has 0 radical (unpaired) electrons. The van der Waals surface area contributed by atoms with Crippen LogP contribution in [0.25, 0.3) is 0 Å². The lowest BCUT2D eigenvalue weighted by Gasteiger charge is -2.19. The van der Waals surface area contributed by atoms with Gasteiger partial charge >= 0.3 is 15.2 Å². The summed E-state index contributed by atoms with van der Waals surface area (Å²) < 4.78 is 22.1. The fourth-order valence-electron chi connectivity index (χ4n) is 1.41. The summed E-state index contributed by atoms with van der Waals surface area (Å²) in [7, 11) is -9.86. The molecule has 0 saturated heterocycles. The van der Waals surface area contributed by atoms with Gasteiger partial charge in [0.15, 0.2) is 5.40 Å². The van der Waals surface area contributed by atoms with Gasteiger partial charge < -0.3 is 19.6 Å². The van der Waals surface area contributed by atoms with Crippen molar-refractivity contribution in [3.8, 4) is 6.07 Å². The summed E-state index contributed by atoms with van der Waals surface area (Å²) in [5, 5.41) is 6.57. The first-order valence-electron chi connectivity index (χ1n) is 4.74. The van der Waals surface area contributed by atoms with E-state index in [2.05, 4.69) is 0 Å². The fourth-order valence-corrected chi connectivity index (χ4v) is 3.88. The molecule has 0 spiro atoms. The van der Waals surface area contributed by atoms with E-state index >= 15 is 0 Å². The molecule has 0 aromatic heterocycles. The molecule has 98 valence electrons. The van der Waals surface area contributed by atoms with Crippen LogP contribution in [0.15, 0.2) is 24.3 Å². The normalized spacial score (nSPS) is 12.4. The van der Waals surface area contributed by atoms with Crippen LogP contribution in [0.3, 0.4) is 0 Å². The van der Waals surface area contributed by atoms with Crippen LogP contribution < -0.4 is 0 Å². The Hall–Kier alpha value is -0.990. The Morgan fingerprint density at radius 2 is 1.72 bits per heavy atom. The van der Waals surface area contributed by atoms with Crippen molar-refractivity contribution in [2.45, 2.75) is 11.8 Å². The zero-order chi connectivity index (χ0) is 14.0. The molecule has 0 saturated carbocycles. The highest BCUT2D eigenvalue weighted by Crippen LogP contribution is 2.60. The molecule has 0 amide bonds. The van der Waals surface area contributed by atoms with Crippen LogP contribution in [-0.2, 0) is 15.6 Å². The van der Waals surface area contributed by atoms with Gasteiger partial charge in [0, 0.05) is 0 Å². The third-order valence-corrected chi connectivity index (χ3v) is 5.97. The van der Waals surface area contributed by atoms with E-state index < -0.39 is 27.0 Å². The number of benzene rings is 1. The summed E-state index contributed by atoms with van der Waals surface area (Å²) >= 11 is 0. The molecule has 0 heterocycles. The quantitative estimate of drug-likeness (QED) is 0.601. The lowest BCUT2D eigenvalue weighted by molar-refractivity contribution is 0.338. The Labute approximate surface area is 103 Å². The minimum Gasteiger partial charge on any atom is -0.324 e. The fraction of sp³-hybridized carbons (Fsp3) is 0.222. The molecule has 1 rings (SSSR count). The highest BCUT2D eigenvalue weighted by Gasteiger charge is 2.43. The summed E-state index contributed by atoms with van der Waals surface area (Å²) in [4.78, 5) is 35.8. The summed E-state index contributed by atoms with van der Waals surface area (Å²) in [5.41, 5.74) is 0.536. The van der Waals surface area contributed by atoms with Crippen molar-refractivity contribution in [3.05, 3.63) is 35.4 Å². The van der Waals surface area contributed by atoms with Gasteiger partial charge in [-0.05, 0) is 24.1 Å². The van der Waals surface area contributed by atoms with Crippen molar-refractivity contribution in [2.24, 2.45) is 0 Å². The monoisotopic (exact) mass is 291 g/mol. The maximum Gasteiger partial charge on any atom is 0.341 e. The molecule has 0 fully saturated rings. The van der Waals surface area contributed by atoms with E-state index in [4.69, 9.17) is 24.8 Å². The summed E-state index contributed by atoms with van der Waals surface area (Å²) in [6.07, 6.45) is -0.496. The van der Waals surface area contributed by atoms with Crippen molar-refractivity contribution in [2.75, 3.05) is 0 Å². The predicted molar refractivity (Wildman–Crippen MR) is 62.7 cm³/mol. The van der Waals surface area contributed by atoms with Crippen LogP contribution in [0, 0.1) is 11.3 Å². The predicted octanol–water partition coefficient (Wildman–Crippen LogP) is 0.782. The molecule has 9 heteroatoms. The van der Waals surface area contributed by atoms with E-state index in [1.54, 1.807) is 0 Å².